The van der Waals surface area contributed by atoms with E-state index in [4.69, 9.17) is 9.52 Å². The maximum absolute atomic E-state index is 10.9. The first-order chi connectivity index (χ1) is 12.2. The van der Waals surface area contributed by atoms with Crippen molar-refractivity contribution in [3.63, 3.8) is 0 Å². The average molecular weight is 333 g/mol. The van der Waals surface area contributed by atoms with Crippen molar-refractivity contribution in [1.29, 1.82) is 0 Å². The van der Waals surface area contributed by atoms with Crippen molar-refractivity contribution in [2.24, 2.45) is 5.10 Å². The second kappa shape index (κ2) is 6.24. The topological polar surface area (TPSA) is 71.9 Å². The lowest BCUT2D eigenvalue weighted by atomic mass is 10.0. The number of non-ortho nitro benzene ring substituents is 1. The molecule has 1 aliphatic heterocycles. The highest BCUT2D eigenvalue weighted by Crippen LogP contribution is 2.37. The second-order valence-electron chi connectivity index (χ2n) is 5.77. The Morgan fingerprint density at radius 3 is 2.44 bits per heavy atom. The number of hydrogen-bond donors (Lipinski definition) is 0. The molecule has 0 bridgehead atoms. The fourth-order valence-corrected chi connectivity index (χ4v) is 3.00. The van der Waals surface area contributed by atoms with E-state index < -0.39 is 4.92 Å². The molecule has 0 radical (unpaired) electrons. The average Bonchev–Trinajstić information content (AvgIpc) is 3.32. The normalized spacial score (nSPS) is 16.7. The Balaban J connectivity index is 1.73. The number of hydrazone groups is 1. The number of nitrogens with zero attached hydrogens (tertiary/aromatic N) is 3. The third kappa shape index (κ3) is 2.89. The Morgan fingerprint density at radius 1 is 1.04 bits per heavy atom. The van der Waals surface area contributed by atoms with Gasteiger partial charge in [0, 0.05) is 18.6 Å². The minimum atomic E-state index is -0.403. The van der Waals surface area contributed by atoms with Crippen molar-refractivity contribution in [3.05, 3.63) is 94.4 Å². The molecule has 0 saturated carbocycles. The summed E-state index contributed by atoms with van der Waals surface area (Å²) in [6, 6.07) is 20.3. The summed E-state index contributed by atoms with van der Waals surface area (Å²) >= 11 is 0. The van der Waals surface area contributed by atoms with Gasteiger partial charge in [-0.1, -0.05) is 30.3 Å². The molecule has 0 spiro atoms. The van der Waals surface area contributed by atoms with Gasteiger partial charge < -0.3 is 4.42 Å². The van der Waals surface area contributed by atoms with Crippen molar-refractivity contribution >= 4 is 17.1 Å². The number of furan rings is 1. The van der Waals surface area contributed by atoms with Crippen LogP contribution in [-0.4, -0.2) is 10.6 Å². The van der Waals surface area contributed by atoms with Crippen molar-refractivity contribution < 1.29 is 9.34 Å². The van der Waals surface area contributed by atoms with Crippen molar-refractivity contribution in [1.82, 2.24) is 0 Å². The second-order valence-corrected chi connectivity index (χ2v) is 5.77. The predicted molar refractivity (Wildman–Crippen MR) is 94.6 cm³/mol. The van der Waals surface area contributed by atoms with E-state index in [0.29, 0.717) is 6.42 Å². The molecule has 1 aromatic heterocycles. The van der Waals surface area contributed by atoms with Gasteiger partial charge in [0.2, 0.25) is 0 Å². The van der Waals surface area contributed by atoms with E-state index in [9.17, 15) is 10.1 Å². The molecule has 2 heterocycles. The maximum atomic E-state index is 10.9. The van der Waals surface area contributed by atoms with E-state index in [2.05, 4.69) is 12.1 Å². The van der Waals surface area contributed by atoms with E-state index in [-0.39, 0.29) is 11.7 Å². The fraction of sp³-hybridized carbons (Fsp3) is 0.105. The minimum absolute atomic E-state index is 0.0164. The van der Waals surface area contributed by atoms with Crippen LogP contribution in [0.5, 0.6) is 0 Å². The summed E-state index contributed by atoms with van der Waals surface area (Å²) in [4.78, 5) is 10.5. The highest BCUT2D eigenvalue weighted by Gasteiger charge is 2.31. The summed E-state index contributed by atoms with van der Waals surface area (Å²) in [5.74, 6) is 0.741. The predicted octanol–water partition coefficient (Wildman–Crippen LogP) is 4.54. The zero-order chi connectivity index (χ0) is 17.2. The van der Waals surface area contributed by atoms with Crippen molar-refractivity contribution in [2.45, 2.75) is 12.5 Å². The molecule has 1 atom stereocenters. The number of rotatable bonds is 4. The lowest BCUT2D eigenvalue weighted by Crippen LogP contribution is -2.18. The fourth-order valence-electron chi connectivity index (χ4n) is 3.00. The first-order valence-electron chi connectivity index (χ1n) is 7.92. The van der Waals surface area contributed by atoms with Crippen LogP contribution < -0.4 is 5.01 Å². The van der Waals surface area contributed by atoms with E-state index in [1.807, 2.05) is 35.3 Å². The Hall–Kier alpha value is -3.41. The van der Waals surface area contributed by atoms with Gasteiger partial charge in [-0.15, -0.1) is 0 Å². The smallest absolute Gasteiger partial charge is 0.269 e. The van der Waals surface area contributed by atoms with Gasteiger partial charge in [-0.05, 0) is 29.8 Å². The summed E-state index contributed by atoms with van der Waals surface area (Å²) < 4.78 is 5.49. The molecule has 6 nitrogen and oxygen atoms in total. The number of nitro groups is 1. The molecule has 25 heavy (non-hydrogen) atoms. The highest BCUT2D eigenvalue weighted by atomic mass is 16.6. The van der Waals surface area contributed by atoms with Gasteiger partial charge >= 0.3 is 0 Å². The summed E-state index contributed by atoms with van der Waals surface area (Å²) in [5, 5.41) is 17.5. The first-order valence-corrected chi connectivity index (χ1v) is 7.92. The monoisotopic (exact) mass is 333 g/mol. The van der Waals surface area contributed by atoms with Crippen LogP contribution in [0.25, 0.3) is 0 Å². The molecule has 0 amide bonds. The maximum Gasteiger partial charge on any atom is 0.269 e. The van der Waals surface area contributed by atoms with Gasteiger partial charge in [0.05, 0.1) is 22.9 Å². The Kier molecular flexibility index (Phi) is 3.78. The lowest BCUT2D eigenvalue weighted by molar-refractivity contribution is -0.384. The van der Waals surface area contributed by atoms with Crippen molar-refractivity contribution in [3.8, 4) is 0 Å². The third-order valence-electron chi connectivity index (χ3n) is 4.23. The molecule has 0 fully saturated rings. The lowest BCUT2D eigenvalue weighted by Gasteiger charge is -2.23. The SMILES string of the molecule is O=[N+]([O-])c1ccc(N2N=C(c3ccco3)C[C@@H]2c2ccccc2)cc1. The summed E-state index contributed by atoms with van der Waals surface area (Å²) in [7, 11) is 0. The molecule has 0 unspecified atom stereocenters. The quantitative estimate of drug-likeness (QED) is 0.519. The molecule has 1 aliphatic rings. The zero-order valence-electron chi connectivity index (χ0n) is 13.3. The molecular formula is C19H15N3O3. The van der Waals surface area contributed by atoms with Crippen LogP contribution in [0.3, 0.4) is 0 Å². The molecule has 124 valence electrons. The van der Waals surface area contributed by atoms with E-state index >= 15 is 0 Å². The molecule has 3 aromatic rings. The summed E-state index contributed by atoms with van der Waals surface area (Å²) in [6.45, 7) is 0. The molecule has 0 N–H and O–H groups in total. The standard InChI is InChI=1S/C19H15N3O3/c23-22(24)16-10-8-15(9-11-16)21-18(14-5-2-1-3-6-14)13-17(20-21)19-7-4-12-25-19/h1-12,18H,13H2/t18-/m1/s1. The van der Waals surface area contributed by atoms with Gasteiger partial charge in [-0.2, -0.15) is 5.10 Å². The van der Waals surface area contributed by atoms with E-state index in [1.54, 1.807) is 18.4 Å². The van der Waals surface area contributed by atoms with Crippen LogP contribution in [0.2, 0.25) is 0 Å². The number of hydrogen-bond acceptors (Lipinski definition) is 5. The summed E-state index contributed by atoms with van der Waals surface area (Å²) in [6.07, 6.45) is 2.33. The van der Waals surface area contributed by atoms with Gasteiger partial charge in [-0.25, -0.2) is 0 Å². The van der Waals surface area contributed by atoms with E-state index in [0.717, 1.165) is 22.7 Å². The van der Waals surface area contributed by atoms with Gasteiger partial charge in [0.15, 0.2) is 0 Å². The van der Waals surface area contributed by atoms with Crippen LogP contribution in [0.1, 0.15) is 23.8 Å². The molecular weight excluding hydrogens is 318 g/mol. The minimum Gasteiger partial charge on any atom is -0.463 e. The molecule has 2 aromatic carbocycles. The van der Waals surface area contributed by atoms with Crippen LogP contribution in [-0.2, 0) is 0 Å². The third-order valence-corrected chi connectivity index (χ3v) is 4.23. The Morgan fingerprint density at radius 2 is 1.80 bits per heavy atom. The number of anilines is 1. The van der Waals surface area contributed by atoms with Crippen molar-refractivity contribution in [2.75, 3.05) is 5.01 Å². The van der Waals surface area contributed by atoms with Crippen LogP contribution in [0.15, 0.2) is 82.5 Å². The number of nitro benzene ring substituents is 1. The molecule has 6 heteroatoms. The van der Waals surface area contributed by atoms with Gasteiger partial charge in [-0.3, -0.25) is 15.1 Å². The van der Waals surface area contributed by atoms with Crippen LogP contribution >= 0.6 is 0 Å². The Bertz CT molecular complexity index is 903. The molecule has 0 saturated heterocycles. The largest absolute Gasteiger partial charge is 0.463 e. The zero-order valence-corrected chi connectivity index (χ0v) is 13.3. The highest BCUT2D eigenvalue weighted by molar-refractivity contribution is 6.01. The van der Waals surface area contributed by atoms with Gasteiger partial charge in [0.1, 0.15) is 11.5 Å². The Labute approximate surface area is 144 Å². The molecule has 0 aliphatic carbocycles. The van der Waals surface area contributed by atoms with Crippen LogP contribution in [0, 0.1) is 10.1 Å². The number of benzene rings is 2. The molecule has 4 rings (SSSR count). The first kappa shape index (κ1) is 15.1. The summed E-state index contributed by atoms with van der Waals surface area (Å²) in [5.41, 5.74) is 2.86. The van der Waals surface area contributed by atoms with E-state index in [1.165, 1.54) is 12.1 Å². The van der Waals surface area contributed by atoms with Crippen LogP contribution in [0.4, 0.5) is 11.4 Å². The van der Waals surface area contributed by atoms with Gasteiger partial charge in [0.25, 0.3) is 5.69 Å².